The summed E-state index contributed by atoms with van der Waals surface area (Å²) in [6.45, 7) is 12.4. The minimum Gasteiger partial charge on any atom is -0.379 e. The highest BCUT2D eigenvalue weighted by molar-refractivity contribution is 8.00. The lowest BCUT2D eigenvalue weighted by Gasteiger charge is -2.36. The second-order valence-electron chi connectivity index (χ2n) is 7.71. The molecule has 1 unspecified atom stereocenters. The second-order valence-corrected chi connectivity index (χ2v) is 9.05. The molecule has 2 fully saturated rings. The third-order valence-electron chi connectivity index (χ3n) is 5.33. The first-order valence-corrected chi connectivity index (χ1v) is 11.2. The van der Waals surface area contributed by atoms with Gasteiger partial charge in [0.2, 0.25) is 0 Å². The largest absolute Gasteiger partial charge is 0.379 e. The number of ether oxygens (including phenoxy) is 1. The third kappa shape index (κ3) is 6.13. The van der Waals surface area contributed by atoms with Crippen LogP contribution in [-0.4, -0.2) is 73.2 Å². The van der Waals surface area contributed by atoms with Crippen molar-refractivity contribution in [2.45, 2.75) is 32.2 Å². The van der Waals surface area contributed by atoms with E-state index in [1.165, 1.54) is 16.9 Å². The Morgan fingerprint density at radius 1 is 1.19 bits per heavy atom. The van der Waals surface area contributed by atoms with Gasteiger partial charge >= 0.3 is 0 Å². The van der Waals surface area contributed by atoms with Crippen LogP contribution < -0.4 is 5.32 Å². The molecular formula is C21H34N4OS. The standard InChI is InChI=1S/C21H34N4OS/c1-17(2)20-16-25(10-13-27-20)21(22-3)23-14-18-4-6-19(7-5-18)15-24-8-11-26-12-9-24/h4-7,17,20H,8-16H2,1-3H3,(H,22,23). The number of thioether (sulfide) groups is 1. The molecule has 5 nitrogen and oxygen atoms in total. The Hall–Kier alpha value is -1.24. The lowest BCUT2D eigenvalue weighted by Crippen LogP contribution is -2.48. The Balaban J connectivity index is 1.49. The van der Waals surface area contributed by atoms with Crippen LogP contribution in [0.4, 0.5) is 0 Å². The van der Waals surface area contributed by atoms with Gasteiger partial charge in [-0.3, -0.25) is 9.89 Å². The zero-order valence-electron chi connectivity index (χ0n) is 17.0. The fourth-order valence-corrected chi connectivity index (χ4v) is 4.86. The molecule has 1 aromatic carbocycles. The number of benzene rings is 1. The molecule has 1 N–H and O–H groups in total. The summed E-state index contributed by atoms with van der Waals surface area (Å²) in [6.07, 6.45) is 0. The third-order valence-corrected chi connectivity index (χ3v) is 6.87. The number of guanidine groups is 1. The summed E-state index contributed by atoms with van der Waals surface area (Å²) in [5.74, 6) is 2.91. The van der Waals surface area contributed by atoms with Crippen LogP contribution in [0.15, 0.2) is 29.3 Å². The van der Waals surface area contributed by atoms with Crippen molar-refractivity contribution in [3.05, 3.63) is 35.4 Å². The van der Waals surface area contributed by atoms with E-state index in [1.54, 1.807) is 0 Å². The number of aliphatic imine (C=N–C) groups is 1. The van der Waals surface area contributed by atoms with Gasteiger partial charge < -0.3 is 15.0 Å². The fourth-order valence-electron chi connectivity index (χ4n) is 3.56. The molecule has 6 heteroatoms. The van der Waals surface area contributed by atoms with E-state index in [1.807, 2.05) is 7.05 Å². The predicted octanol–water partition coefficient (Wildman–Crippen LogP) is 2.67. The van der Waals surface area contributed by atoms with Gasteiger partial charge in [0.15, 0.2) is 5.96 Å². The fraction of sp³-hybridized carbons (Fsp3) is 0.667. The van der Waals surface area contributed by atoms with Crippen LogP contribution in [0, 0.1) is 5.92 Å². The van der Waals surface area contributed by atoms with Crippen molar-refractivity contribution in [3.8, 4) is 0 Å². The Bertz CT molecular complexity index is 599. The van der Waals surface area contributed by atoms with Gasteiger partial charge in [-0.05, 0) is 17.0 Å². The molecule has 0 saturated carbocycles. The van der Waals surface area contributed by atoms with E-state index in [0.717, 1.165) is 58.4 Å². The monoisotopic (exact) mass is 390 g/mol. The van der Waals surface area contributed by atoms with Gasteiger partial charge in [-0.15, -0.1) is 0 Å². The van der Waals surface area contributed by atoms with Crippen molar-refractivity contribution < 1.29 is 4.74 Å². The zero-order chi connectivity index (χ0) is 19.1. The summed E-state index contributed by atoms with van der Waals surface area (Å²) in [5.41, 5.74) is 2.67. The number of hydrogen-bond donors (Lipinski definition) is 1. The highest BCUT2D eigenvalue weighted by Gasteiger charge is 2.24. The maximum absolute atomic E-state index is 5.42. The van der Waals surface area contributed by atoms with Gasteiger partial charge in [-0.1, -0.05) is 38.1 Å². The average molecular weight is 391 g/mol. The van der Waals surface area contributed by atoms with E-state index in [9.17, 15) is 0 Å². The minimum absolute atomic E-state index is 0.691. The van der Waals surface area contributed by atoms with Gasteiger partial charge in [0.25, 0.3) is 0 Å². The van der Waals surface area contributed by atoms with E-state index in [0.29, 0.717) is 11.2 Å². The van der Waals surface area contributed by atoms with Crippen LogP contribution in [0.1, 0.15) is 25.0 Å². The van der Waals surface area contributed by atoms with Crippen molar-refractivity contribution in [1.29, 1.82) is 0 Å². The lowest BCUT2D eigenvalue weighted by molar-refractivity contribution is 0.0342. The normalized spacial score (nSPS) is 22.3. The molecule has 1 aromatic rings. The summed E-state index contributed by atoms with van der Waals surface area (Å²) in [5, 5.41) is 4.25. The molecule has 0 aromatic heterocycles. The van der Waals surface area contributed by atoms with Gasteiger partial charge in [0.05, 0.1) is 13.2 Å². The second kappa shape index (κ2) is 10.3. The van der Waals surface area contributed by atoms with Crippen LogP contribution in [0.3, 0.4) is 0 Å². The number of nitrogens with zero attached hydrogens (tertiary/aromatic N) is 3. The van der Waals surface area contributed by atoms with Crippen LogP contribution in [0.5, 0.6) is 0 Å². The summed E-state index contributed by atoms with van der Waals surface area (Å²) >= 11 is 2.10. The molecule has 0 radical (unpaired) electrons. The smallest absolute Gasteiger partial charge is 0.193 e. The molecule has 1 atom stereocenters. The van der Waals surface area contributed by atoms with Crippen LogP contribution in [0.25, 0.3) is 0 Å². The first-order valence-electron chi connectivity index (χ1n) is 10.1. The quantitative estimate of drug-likeness (QED) is 0.618. The highest BCUT2D eigenvalue weighted by Crippen LogP contribution is 2.24. The highest BCUT2D eigenvalue weighted by atomic mass is 32.2. The van der Waals surface area contributed by atoms with Crippen molar-refractivity contribution in [2.24, 2.45) is 10.9 Å². The topological polar surface area (TPSA) is 40.1 Å². The number of nitrogens with one attached hydrogen (secondary N) is 1. The van der Waals surface area contributed by atoms with Gasteiger partial charge in [-0.2, -0.15) is 11.8 Å². The maximum Gasteiger partial charge on any atom is 0.193 e. The number of hydrogen-bond acceptors (Lipinski definition) is 4. The first-order chi connectivity index (χ1) is 13.2. The van der Waals surface area contributed by atoms with Crippen LogP contribution in [0.2, 0.25) is 0 Å². The van der Waals surface area contributed by atoms with Crippen molar-refractivity contribution >= 4 is 17.7 Å². The molecule has 27 heavy (non-hydrogen) atoms. The molecular weight excluding hydrogens is 356 g/mol. The Kier molecular flexibility index (Phi) is 7.85. The maximum atomic E-state index is 5.42. The van der Waals surface area contributed by atoms with E-state index in [-0.39, 0.29) is 0 Å². The zero-order valence-corrected chi connectivity index (χ0v) is 17.8. The molecule has 3 rings (SSSR count). The predicted molar refractivity (Wildman–Crippen MR) is 115 cm³/mol. The summed E-state index contributed by atoms with van der Waals surface area (Å²) in [4.78, 5) is 9.39. The van der Waals surface area contributed by atoms with Gasteiger partial charge in [-0.25, -0.2) is 0 Å². The molecule has 2 aliphatic heterocycles. The van der Waals surface area contributed by atoms with E-state index < -0.39 is 0 Å². The molecule has 0 spiro atoms. The van der Waals surface area contributed by atoms with E-state index >= 15 is 0 Å². The summed E-state index contributed by atoms with van der Waals surface area (Å²) < 4.78 is 5.42. The van der Waals surface area contributed by atoms with Gasteiger partial charge in [0, 0.05) is 57.3 Å². The Morgan fingerprint density at radius 2 is 1.89 bits per heavy atom. The lowest BCUT2D eigenvalue weighted by atomic mass is 10.1. The molecule has 0 bridgehead atoms. The minimum atomic E-state index is 0.691. The van der Waals surface area contributed by atoms with Crippen molar-refractivity contribution in [2.75, 3.05) is 52.2 Å². The Labute approximate surface area is 168 Å². The number of morpholine rings is 1. The molecule has 2 aliphatic rings. The van der Waals surface area contributed by atoms with Crippen LogP contribution >= 0.6 is 11.8 Å². The molecule has 150 valence electrons. The molecule has 2 heterocycles. The van der Waals surface area contributed by atoms with E-state index in [2.05, 4.69) is 70.0 Å². The SMILES string of the molecule is CN=C(NCc1ccc(CN2CCOCC2)cc1)N1CCSC(C(C)C)C1. The Morgan fingerprint density at radius 3 is 2.56 bits per heavy atom. The number of rotatable bonds is 5. The molecule has 2 saturated heterocycles. The summed E-state index contributed by atoms with van der Waals surface area (Å²) in [7, 11) is 1.89. The summed E-state index contributed by atoms with van der Waals surface area (Å²) in [6, 6.07) is 8.97. The van der Waals surface area contributed by atoms with Crippen molar-refractivity contribution in [3.63, 3.8) is 0 Å². The van der Waals surface area contributed by atoms with Gasteiger partial charge in [0.1, 0.15) is 0 Å². The van der Waals surface area contributed by atoms with Crippen LogP contribution in [-0.2, 0) is 17.8 Å². The molecule has 0 amide bonds. The average Bonchev–Trinajstić information content (AvgIpc) is 2.71. The first kappa shape index (κ1) is 20.5. The van der Waals surface area contributed by atoms with E-state index in [4.69, 9.17) is 4.74 Å². The van der Waals surface area contributed by atoms with Crippen molar-refractivity contribution in [1.82, 2.24) is 15.1 Å². The molecule has 0 aliphatic carbocycles.